The fraction of sp³-hybridized carbons (Fsp3) is 0.800. The Morgan fingerprint density at radius 1 is 0.625 bits per heavy atom. The van der Waals surface area contributed by atoms with Gasteiger partial charge in [-0.05, 0) is 0 Å². The van der Waals surface area contributed by atoms with Crippen molar-refractivity contribution < 1.29 is 27.3 Å². The zero-order valence-corrected chi connectivity index (χ0v) is 16.1. The summed E-state index contributed by atoms with van der Waals surface area (Å²) in [7, 11) is 0. The number of rotatable bonds is 3. The van der Waals surface area contributed by atoms with Crippen LogP contribution in [0.1, 0.15) is 62.2 Å². The van der Waals surface area contributed by atoms with Crippen LogP contribution < -0.4 is 0 Å². The minimum Gasteiger partial charge on any atom is -1.00 e. The Balaban J connectivity index is -0.0000000400. The second-order valence-electron chi connectivity index (χ2n) is 5.05. The molecule has 0 unspecified atom stereocenters. The van der Waals surface area contributed by atoms with Crippen molar-refractivity contribution in [3.8, 4) is 0 Å². The van der Waals surface area contributed by atoms with Crippen LogP contribution in [0.3, 0.4) is 0 Å². The molecule has 0 spiro atoms. The quantitative estimate of drug-likeness (QED) is 0.426. The van der Waals surface area contributed by atoms with Gasteiger partial charge in [-0.2, -0.15) is 19.3 Å². The standard InChI is InChI=1S/3C5H11.Hf.H/c3*1-4-5(2)3;;/h3*5H,1,4H2,2-3H3;;/q3*-1;;-1. The van der Waals surface area contributed by atoms with Crippen molar-refractivity contribution in [2.75, 3.05) is 0 Å². The molecule has 0 atom stereocenters. The number of hydrogen-bond donors (Lipinski definition) is 0. The third-order valence-corrected chi connectivity index (χ3v) is 1.73. The predicted molar refractivity (Wildman–Crippen MR) is 75.5 cm³/mol. The van der Waals surface area contributed by atoms with Gasteiger partial charge in [0.1, 0.15) is 0 Å². The van der Waals surface area contributed by atoms with Crippen molar-refractivity contribution in [3.05, 3.63) is 20.8 Å². The second kappa shape index (κ2) is 21.2. The van der Waals surface area contributed by atoms with Gasteiger partial charge in [-0.25, -0.2) is 0 Å². The van der Waals surface area contributed by atoms with Crippen LogP contribution in [0.15, 0.2) is 0 Å². The van der Waals surface area contributed by atoms with Crippen molar-refractivity contribution in [3.63, 3.8) is 0 Å². The van der Waals surface area contributed by atoms with Gasteiger partial charge in [0, 0.05) is 25.8 Å². The van der Waals surface area contributed by atoms with E-state index in [4.69, 9.17) is 0 Å². The molecule has 0 aliphatic carbocycles. The first-order valence-corrected chi connectivity index (χ1v) is 6.19. The normalized spacial score (nSPS) is 9.00. The Labute approximate surface area is 126 Å². The van der Waals surface area contributed by atoms with Crippen LogP contribution in [-0.2, 0) is 25.8 Å². The first-order chi connectivity index (χ1) is 6.81. The molecule has 0 heterocycles. The maximum absolute atomic E-state index is 3.69. The van der Waals surface area contributed by atoms with Gasteiger partial charge < -0.3 is 22.2 Å². The summed E-state index contributed by atoms with van der Waals surface area (Å²) in [5, 5.41) is 0. The molecule has 0 aliphatic rings. The summed E-state index contributed by atoms with van der Waals surface area (Å²) in [6.07, 6.45) is 3.17. The van der Waals surface area contributed by atoms with Crippen LogP contribution in [-0.4, -0.2) is 0 Å². The SMILES string of the molecule is [CH2-]CC(C)C.[CH2-]CC(C)C.[CH2-]CC(C)C.[H-].[Hf]. The summed E-state index contributed by atoms with van der Waals surface area (Å²) in [5.74, 6) is 2.32. The Morgan fingerprint density at radius 2 is 0.688 bits per heavy atom. The Morgan fingerprint density at radius 3 is 0.688 bits per heavy atom. The van der Waals surface area contributed by atoms with Crippen LogP contribution >= 0.6 is 0 Å². The van der Waals surface area contributed by atoms with E-state index < -0.39 is 0 Å². The molecule has 102 valence electrons. The van der Waals surface area contributed by atoms with E-state index in [2.05, 4.69) is 62.3 Å². The zero-order chi connectivity index (χ0) is 12.9. The fourth-order valence-electron chi connectivity index (χ4n) is 0. The van der Waals surface area contributed by atoms with Crippen LogP contribution in [0.2, 0.25) is 0 Å². The van der Waals surface area contributed by atoms with Crippen LogP contribution in [0, 0.1) is 38.5 Å². The van der Waals surface area contributed by atoms with E-state index in [0.29, 0.717) is 0 Å². The third-order valence-electron chi connectivity index (χ3n) is 1.73. The Bertz CT molecular complexity index is 71.9. The molecule has 0 aromatic heterocycles. The summed E-state index contributed by atoms with van der Waals surface area (Å²) in [6.45, 7) is 24.0. The zero-order valence-electron chi connectivity index (χ0n) is 13.5. The summed E-state index contributed by atoms with van der Waals surface area (Å²) in [5.41, 5.74) is 0. The second-order valence-corrected chi connectivity index (χ2v) is 5.05. The molecule has 0 rings (SSSR count). The third kappa shape index (κ3) is 60.6. The average Bonchev–Trinajstić information content (AvgIpc) is 2.19. The van der Waals surface area contributed by atoms with Crippen LogP contribution in [0.5, 0.6) is 0 Å². The van der Waals surface area contributed by atoms with E-state index in [1.807, 2.05) is 0 Å². The van der Waals surface area contributed by atoms with Crippen molar-refractivity contribution in [1.29, 1.82) is 0 Å². The monoisotopic (exact) mass is 394 g/mol. The van der Waals surface area contributed by atoms with Gasteiger partial charge in [-0.3, -0.25) is 0 Å². The van der Waals surface area contributed by atoms with Gasteiger partial charge in [0.2, 0.25) is 0 Å². The molecule has 16 heavy (non-hydrogen) atoms. The van der Waals surface area contributed by atoms with Crippen molar-refractivity contribution in [2.45, 2.75) is 60.8 Å². The minimum atomic E-state index is 0. The molecule has 0 N–H and O–H groups in total. The predicted octanol–water partition coefficient (Wildman–Crippen LogP) is 5.71. The molecule has 0 aromatic rings. The van der Waals surface area contributed by atoms with E-state index in [9.17, 15) is 0 Å². The first-order valence-electron chi connectivity index (χ1n) is 6.19. The molecule has 0 aromatic carbocycles. The maximum atomic E-state index is 3.69. The summed E-state index contributed by atoms with van der Waals surface area (Å²) >= 11 is 0. The molecule has 0 aliphatic heterocycles. The Kier molecular flexibility index (Phi) is 34.0. The van der Waals surface area contributed by atoms with Gasteiger partial charge in [0.15, 0.2) is 0 Å². The molecule has 1 heteroatoms. The van der Waals surface area contributed by atoms with Gasteiger partial charge in [-0.15, -0.1) is 0 Å². The van der Waals surface area contributed by atoms with Crippen molar-refractivity contribution in [1.82, 2.24) is 0 Å². The summed E-state index contributed by atoms with van der Waals surface area (Å²) in [4.78, 5) is 0. The molecular formula is C15H34Hf-4. The molecule has 0 saturated heterocycles. The number of hydrogen-bond acceptors (Lipinski definition) is 0. The smallest absolute Gasteiger partial charge is 0 e. The molecule has 0 saturated carbocycles. The largest absolute Gasteiger partial charge is 1.00 e. The van der Waals surface area contributed by atoms with Crippen LogP contribution in [0.4, 0.5) is 0 Å². The summed E-state index contributed by atoms with van der Waals surface area (Å²) < 4.78 is 0. The van der Waals surface area contributed by atoms with Gasteiger partial charge in [-0.1, -0.05) is 59.3 Å². The van der Waals surface area contributed by atoms with Gasteiger partial charge in [0.05, 0.1) is 0 Å². The van der Waals surface area contributed by atoms with Gasteiger partial charge in [0.25, 0.3) is 0 Å². The maximum Gasteiger partial charge on any atom is 0 e. The molecule has 0 nitrogen and oxygen atoms in total. The molecular weight excluding hydrogens is 359 g/mol. The van der Waals surface area contributed by atoms with E-state index in [-0.39, 0.29) is 27.3 Å². The van der Waals surface area contributed by atoms with E-state index in [1.54, 1.807) is 0 Å². The average molecular weight is 393 g/mol. The van der Waals surface area contributed by atoms with E-state index in [1.165, 1.54) is 0 Å². The Hall–Kier alpha value is 0.870. The van der Waals surface area contributed by atoms with Crippen LogP contribution in [0.25, 0.3) is 0 Å². The molecule has 0 fully saturated rings. The molecule has 0 amide bonds. The molecule has 0 bridgehead atoms. The summed E-state index contributed by atoms with van der Waals surface area (Å²) in [6, 6.07) is 0. The topological polar surface area (TPSA) is 0 Å². The van der Waals surface area contributed by atoms with E-state index >= 15 is 0 Å². The van der Waals surface area contributed by atoms with E-state index in [0.717, 1.165) is 37.0 Å². The van der Waals surface area contributed by atoms with Gasteiger partial charge >= 0.3 is 0 Å². The van der Waals surface area contributed by atoms with Crippen molar-refractivity contribution >= 4 is 0 Å². The minimum absolute atomic E-state index is 0. The van der Waals surface area contributed by atoms with Crippen molar-refractivity contribution in [2.24, 2.45) is 17.8 Å². The first kappa shape index (κ1) is 25.7. The molecule has 0 radical (unpaired) electrons. The fourth-order valence-corrected chi connectivity index (χ4v) is 0.